The molecule has 1 aromatic heterocycles. The highest BCUT2D eigenvalue weighted by Crippen LogP contribution is 2.44. The molecule has 0 amide bonds. The molecule has 0 unspecified atom stereocenters. The van der Waals surface area contributed by atoms with E-state index in [4.69, 9.17) is 23.4 Å². The van der Waals surface area contributed by atoms with Gasteiger partial charge in [-0.1, -0.05) is 75.4 Å². The lowest BCUT2D eigenvalue weighted by Crippen LogP contribution is -2.48. The van der Waals surface area contributed by atoms with Crippen LogP contribution in [0.1, 0.15) is 50.1 Å². The smallest absolute Gasteiger partial charge is 0.330 e. The van der Waals surface area contributed by atoms with Gasteiger partial charge in [0, 0.05) is 18.7 Å². The van der Waals surface area contributed by atoms with Gasteiger partial charge in [0.2, 0.25) is 0 Å². The van der Waals surface area contributed by atoms with Crippen molar-refractivity contribution in [2.45, 2.75) is 69.4 Å². The highest BCUT2D eigenvalue weighted by molar-refractivity contribution is 6.74. The molecular weight excluding hydrogens is 600 g/mol. The van der Waals surface area contributed by atoms with Crippen LogP contribution in [0.5, 0.6) is 11.5 Å². The predicted molar refractivity (Wildman–Crippen MR) is 180 cm³/mol. The van der Waals surface area contributed by atoms with Crippen molar-refractivity contribution in [2.24, 2.45) is 0 Å². The van der Waals surface area contributed by atoms with Gasteiger partial charge < -0.3 is 28.4 Å². The third-order valence-electron chi connectivity index (χ3n) is 9.20. The quantitative estimate of drug-likeness (QED) is 0.152. The van der Waals surface area contributed by atoms with Crippen molar-refractivity contribution >= 4 is 8.32 Å². The number of aromatic nitrogens is 2. The lowest BCUT2D eigenvalue weighted by atomic mass is 9.80. The maximum atomic E-state index is 13.0. The van der Waals surface area contributed by atoms with Gasteiger partial charge in [0.15, 0.2) is 14.5 Å². The van der Waals surface area contributed by atoms with Gasteiger partial charge in [0.1, 0.15) is 17.1 Å². The molecular formula is C36H44N2O7Si. The minimum Gasteiger partial charge on any atom is -0.497 e. The molecule has 0 aliphatic carbocycles. The average Bonchev–Trinajstić information content (AvgIpc) is 3.43. The van der Waals surface area contributed by atoms with Crippen LogP contribution in [-0.4, -0.2) is 50.9 Å². The van der Waals surface area contributed by atoms with E-state index in [2.05, 4.69) is 38.8 Å². The normalized spacial score (nSPS) is 18.8. The molecule has 244 valence electrons. The Bertz CT molecular complexity index is 1640. The topological polar surface area (TPSA) is 101 Å². The van der Waals surface area contributed by atoms with Crippen LogP contribution in [0.25, 0.3) is 0 Å². The van der Waals surface area contributed by atoms with Crippen LogP contribution in [0.4, 0.5) is 0 Å². The summed E-state index contributed by atoms with van der Waals surface area (Å²) in [7, 11) is 0.958. The Morgan fingerprint density at radius 3 is 1.87 bits per heavy atom. The molecule has 0 spiro atoms. The Kier molecular flexibility index (Phi) is 9.74. The summed E-state index contributed by atoms with van der Waals surface area (Å²) in [6.07, 6.45) is -0.130. The molecule has 3 aromatic carbocycles. The summed E-state index contributed by atoms with van der Waals surface area (Å²) in [4.78, 5) is 28.6. The Morgan fingerprint density at radius 1 is 0.826 bits per heavy atom. The number of hydrogen-bond donors (Lipinski definition) is 1. The number of nitrogens with one attached hydrogen (secondary N) is 1. The fourth-order valence-corrected chi connectivity index (χ4v) is 7.00. The van der Waals surface area contributed by atoms with E-state index in [0.29, 0.717) is 6.42 Å². The molecule has 1 saturated heterocycles. The Hall–Kier alpha value is -3.96. The summed E-state index contributed by atoms with van der Waals surface area (Å²) < 4.78 is 32.5. The third kappa shape index (κ3) is 6.62. The molecule has 1 aliphatic rings. The van der Waals surface area contributed by atoms with Gasteiger partial charge in [-0.3, -0.25) is 4.79 Å². The molecule has 46 heavy (non-hydrogen) atoms. The van der Waals surface area contributed by atoms with Crippen molar-refractivity contribution in [2.75, 3.05) is 20.8 Å². The van der Waals surface area contributed by atoms with E-state index >= 15 is 0 Å². The molecule has 10 heteroatoms. The van der Waals surface area contributed by atoms with Gasteiger partial charge in [-0.2, -0.15) is 0 Å². The zero-order valence-corrected chi connectivity index (χ0v) is 28.6. The first-order valence-corrected chi connectivity index (χ1v) is 18.4. The highest BCUT2D eigenvalue weighted by atomic mass is 28.4. The lowest BCUT2D eigenvalue weighted by Gasteiger charge is -2.39. The first kappa shape index (κ1) is 33.4. The number of rotatable bonds is 11. The Balaban J connectivity index is 1.57. The third-order valence-corrected chi connectivity index (χ3v) is 13.7. The number of methoxy groups -OCH3 is 2. The molecule has 1 aliphatic heterocycles. The Morgan fingerprint density at radius 2 is 1.37 bits per heavy atom. The van der Waals surface area contributed by atoms with Crippen LogP contribution in [0.3, 0.4) is 0 Å². The molecule has 9 nitrogen and oxygen atoms in total. The predicted octanol–water partition coefficient (Wildman–Crippen LogP) is 6.24. The largest absolute Gasteiger partial charge is 0.497 e. The van der Waals surface area contributed by atoms with Gasteiger partial charge >= 0.3 is 5.69 Å². The molecule has 5 rings (SSSR count). The van der Waals surface area contributed by atoms with Gasteiger partial charge in [-0.15, -0.1) is 0 Å². The van der Waals surface area contributed by atoms with E-state index in [1.807, 2.05) is 78.9 Å². The molecule has 1 N–H and O–H groups in total. The summed E-state index contributed by atoms with van der Waals surface area (Å²) >= 11 is 0. The number of ether oxygens (including phenoxy) is 4. The fourth-order valence-electron chi connectivity index (χ4n) is 5.68. The fraction of sp³-hybridized carbons (Fsp3) is 0.389. The van der Waals surface area contributed by atoms with E-state index in [1.165, 1.54) is 12.3 Å². The second-order valence-electron chi connectivity index (χ2n) is 13.1. The summed E-state index contributed by atoms with van der Waals surface area (Å²) in [6.45, 7) is 10.9. The molecule has 2 heterocycles. The van der Waals surface area contributed by atoms with Crippen molar-refractivity contribution < 1.29 is 23.4 Å². The van der Waals surface area contributed by atoms with E-state index in [9.17, 15) is 9.59 Å². The summed E-state index contributed by atoms with van der Waals surface area (Å²) in [5.74, 6) is 1.46. The van der Waals surface area contributed by atoms with Crippen LogP contribution in [0.15, 0.2) is 101 Å². The maximum Gasteiger partial charge on any atom is 0.330 e. The number of benzene rings is 3. The lowest BCUT2D eigenvalue weighted by molar-refractivity contribution is -0.0873. The van der Waals surface area contributed by atoms with E-state index < -0.39 is 43.6 Å². The number of H-pyrrole nitrogens is 1. The zero-order valence-electron chi connectivity index (χ0n) is 27.6. The van der Waals surface area contributed by atoms with E-state index in [-0.39, 0.29) is 11.6 Å². The highest BCUT2D eigenvalue weighted by Gasteiger charge is 2.47. The second-order valence-corrected chi connectivity index (χ2v) is 17.9. The first-order valence-electron chi connectivity index (χ1n) is 15.5. The average molecular weight is 645 g/mol. The minimum absolute atomic E-state index is 0.0919. The second kappa shape index (κ2) is 13.4. The van der Waals surface area contributed by atoms with Crippen molar-refractivity contribution in [3.63, 3.8) is 0 Å². The monoisotopic (exact) mass is 644 g/mol. The molecule has 0 radical (unpaired) electrons. The van der Waals surface area contributed by atoms with Crippen LogP contribution in [-0.2, 0) is 19.5 Å². The number of hydrogen-bond acceptors (Lipinski definition) is 7. The van der Waals surface area contributed by atoms with Crippen LogP contribution < -0.4 is 20.7 Å². The minimum atomic E-state index is -2.32. The molecule has 1 fully saturated rings. The summed E-state index contributed by atoms with van der Waals surface area (Å²) in [5, 5.41) is -0.0919. The molecule has 0 bridgehead atoms. The van der Waals surface area contributed by atoms with Gasteiger partial charge in [0.25, 0.3) is 5.56 Å². The molecule has 4 aromatic rings. The standard InChI is InChI=1S/C36H44N2O7Si/c1-35(2,3)46(6,7)45-31-23-30(44-33(31)38-32(39)21-22-37-34(38)40)24-43-36(25-11-9-8-10-12-25,26-13-17-28(41-4)18-14-26)27-15-19-29(42-5)20-16-27/h8-22,30-31,33H,23-24H2,1-7H3,(H,37,40)/t30-,31-,33-/m1/s1. The van der Waals surface area contributed by atoms with Crippen molar-refractivity contribution in [3.8, 4) is 11.5 Å². The zero-order chi connectivity index (χ0) is 33.1. The van der Waals surface area contributed by atoms with Crippen molar-refractivity contribution in [1.82, 2.24) is 9.55 Å². The summed E-state index contributed by atoms with van der Waals surface area (Å²) in [6, 6.07) is 27.0. The Labute approximate surface area is 271 Å². The van der Waals surface area contributed by atoms with Crippen LogP contribution >= 0.6 is 0 Å². The van der Waals surface area contributed by atoms with Crippen molar-refractivity contribution in [3.05, 3.63) is 129 Å². The van der Waals surface area contributed by atoms with Gasteiger partial charge in [-0.05, 0) is 59.1 Å². The van der Waals surface area contributed by atoms with Crippen molar-refractivity contribution in [1.29, 1.82) is 0 Å². The summed E-state index contributed by atoms with van der Waals surface area (Å²) in [5.41, 5.74) is 0.669. The molecule has 0 saturated carbocycles. The van der Waals surface area contributed by atoms with E-state index in [1.54, 1.807) is 14.2 Å². The molecule has 3 atom stereocenters. The van der Waals surface area contributed by atoms with Gasteiger partial charge in [-0.25, -0.2) is 9.36 Å². The maximum absolute atomic E-state index is 13.0. The van der Waals surface area contributed by atoms with Gasteiger partial charge in [0.05, 0.1) is 33.0 Å². The van der Waals surface area contributed by atoms with Crippen LogP contribution in [0.2, 0.25) is 18.1 Å². The number of nitrogens with zero attached hydrogens (tertiary/aromatic N) is 1. The SMILES string of the molecule is COc1ccc(C(OC[C@H]2C[C@@H](O[Si](C)(C)C(C)(C)C)[C@H](n3c(=O)cc[nH]c3=O)O2)(c2ccccc2)c2ccc(OC)cc2)cc1. The first-order chi connectivity index (χ1) is 21.9. The van der Waals surface area contributed by atoms with E-state index in [0.717, 1.165) is 32.8 Å². The number of aromatic amines is 1. The van der Waals surface area contributed by atoms with Crippen LogP contribution in [0, 0.1) is 0 Å².